The van der Waals surface area contributed by atoms with Gasteiger partial charge in [-0.25, -0.2) is 4.39 Å². The summed E-state index contributed by atoms with van der Waals surface area (Å²) in [5.74, 6) is -0.555. The van der Waals surface area contributed by atoms with E-state index in [1.165, 1.54) is 12.1 Å². The molecule has 0 aliphatic heterocycles. The van der Waals surface area contributed by atoms with Gasteiger partial charge >= 0.3 is 0 Å². The molecule has 1 aliphatic rings. The van der Waals surface area contributed by atoms with E-state index in [0.717, 1.165) is 38.3 Å². The fraction of sp³-hybridized carbons (Fsp3) is 0.600. The minimum absolute atomic E-state index is 0.188. The van der Waals surface area contributed by atoms with Gasteiger partial charge in [0, 0.05) is 24.7 Å². The summed E-state index contributed by atoms with van der Waals surface area (Å²) >= 11 is 0. The van der Waals surface area contributed by atoms with Gasteiger partial charge in [-0.05, 0) is 43.9 Å². The summed E-state index contributed by atoms with van der Waals surface area (Å²) in [6.07, 6.45) is 4.08. The van der Waals surface area contributed by atoms with Crippen LogP contribution in [0.4, 0.5) is 10.1 Å². The van der Waals surface area contributed by atoms with Crippen molar-refractivity contribution < 1.29 is 9.31 Å². The topological polar surface area (TPSA) is 72.4 Å². The minimum Gasteiger partial charge on any atom is -0.328 e. The highest BCUT2D eigenvalue weighted by Gasteiger charge is 2.24. The Hall–Kier alpha value is -1.53. The molecule has 1 aromatic rings. The van der Waals surface area contributed by atoms with Gasteiger partial charge in [0.05, 0.1) is 11.0 Å². The van der Waals surface area contributed by atoms with Crippen LogP contribution < -0.4 is 5.73 Å². The number of hydrogen-bond acceptors (Lipinski definition) is 4. The van der Waals surface area contributed by atoms with Crippen molar-refractivity contribution in [2.24, 2.45) is 5.73 Å². The maximum absolute atomic E-state index is 13.5. The smallest absolute Gasteiger partial charge is 0.272 e. The highest BCUT2D eigenvalue weighted by atomic mass is 19.1. The molecule has 1 aromatic carbocycles. The molecule has 0 unspecified atom stereocenters. The molecular formula is C15H22FN3O2. The molecule has 0 bridgehead atoms. The van der Waals surface area contributed by atoms with E-state index in [4.69, 9.17) is 5.73 Å². The summed E-state index contributed by atoms with van der Waals surface area (Å²) in [7, 11) is 0. The van der Waals surface area contributed by atoms with Crippen LogP contribution >= 0.6 is 0 Å². The molecular weight excluding hydrogens is 273 g/mol. The number of nitrogens with two attached hydrogens (primary N) is 1. The number of rotatable bonds is 5. The molecule has 1 fully saturated rings. The standard InChI is InChI=1S/C15H22FN3O2/c1-2-18(14-5-3-13(17)4-6-14)10-11-7-12(16)9-15(8-11)19(20)21/h7-9,13-14H,2-6,10,17H2,1H3. The molecule has 0 radical (unpaired) electrons. The van der Waals surface area contributed by atoms with Crippen LogP contribution in [0.1, 0.15) is 38.2 Å². The molecule has 0 heterocycles. The van der Waals surface area contributed by atoms with Crippen molar-refractivity contribution in [2.75, 3.05) is 6.54 Å². The summed E-state index contributed by atoms with van der Waals surface area (Å²) < 4.78 is 13.5. The Balaban J connectivity index is 2.09. The van der Waals surface area contributed by atoms with Crippen LogP contribution in [0.5, 0.6) is 0 Å². The monoisotopic (exact) mass is 295 g/mol. The van der Waals surface area contributed by atoms with Crippen LogP contribution in [0.15, 0.2) is 18.2 Å². The van der Waals surface area contributed by atoms with Gasteiger partial charge in [0.1, 0.15) is 5.82 Å². The van der Waals surface area contributed by atoms with Gasteiger partial charge in [0.2, 0.25) is 0 Å². The molecule has 2 N–H and O–H groups in total. The maximum atomic E-state index is 13.5. The maximum Gasteiger partial charge on any atom is 0.272 e. The highest BCUT2D eigenvalue weighted by molar-refractivity contribution is 5.35. The number of non-ortho nitro benzene ring substituents is 1. The summed E-state index contributed by atoms with van der Waals surface area (Å²) in [5.41, 5.74) is 6.38. The lowest BCUT2D eigenvalue weighted by molar-refractivity contribution is -0.385. The van der Waals surface area contributed by atoms with E-state index in [2.05, 4.69) is 11.8 Å². The molecule has 21 heavy (non-hydrogen) atoms. The molecule has 116 valence electrons. The molecule has 2 rings (SSSR count). The predicted octanol–water partition coefficient (Wildman–Crippen LogP) is 2.83. The van der Waals surface area contributed by atoms with Crippen LogP contribution in [0, 0.1) is 15.9 Å². The summed E-state index contributed by atoms with van der Waals surface area (Å²) in [6.45, 7) is 3.43. The Morgan fingerprint density at radius 2 is 2.00 bits per heavy atom. The third-order valence-corrected chi connectivity index (χ3v) is 4.20. The van der Waals surface area contributed by atoms with Gasteiger partial charge in [0.25, 0.3) is 5.69 Å². The Kier molecular flexibility index (Phi) is 5.25. The first-order valence-corrected chi connectivity index (χ1v) is 7.43. The van der Waals surface area contributed by atoms with Crippen molar-refractivity contribution in [3.8, 4) is 0 Å². The van der Waals surface area contributed by atoms with Gasteiger partial charge in [-0.2, -0.15) is 0 Å². The van der Waals surface area contributed by atoms with Crippen LogP contribution in [-0.2, 0) is 6.54 Å². The van der Waals surface area contributed by atoms with Crippen molar-refractivity contribution in [2.45, 2.75) is 51.2 Å². The molecule has 5 nitrogen and oxygen atoms in total. The van der Waals surface area contributed by atoms with Gasteiger partial charge in [-0.15, -0.1) is 0 Å². The highest BCUT2D eigenvalue weighted by Crippen LogP contribution is 2.25. The van der Waals surface area contributed by atoms with Gasteiger partial charge < -0.3 is 5.73 Å². The molecule has 1 saturated carbocycles. The van der Waals surface area contributed by atoms with E-state index in [1.807, 2.05) is 0 Å². The minimum atomic E-state index is -0.555. The van der Waals surface area contributed by atoms with Crippen molar-refractivity contribution in [3.63, 3.8) is 0 Å². The quantitative estimate of drug-likeness (QED) is 0.669. The summed E-state index contributed by atoms with van der Waals surface area (Å²) in [6, 6.07) is 4.51. The Labute approximate surface area is 124 Å². The first-order chi connectivity index (χ1) is 9.99. The second kappa shape index (κ2) is 6.95. The molecule has 0 spiro atoms. The van der Waals surface area contributed by atoms with Crippen LogP contribution in [-0.4, -0.2) is 28.5 Å². The number of halogens is 1. The third-order valence-electron chi connectivity index (χ3n) is 4.20. The lowest BCUT2D eigenvalue weighted by Gasteiger charge is -2.35. The zero-order chi connectivity index (χ0) is 15.4. The molecule has 1 aliphatic carbocycles. The Morgan fingerprint density at radius 3 is 2.57 bits per heavy atom. The van der Waals surface area contributed by atoms with Gasteiger partial charge in [-0.3, -0.25) is 15.0 Å². The van der Waals surface area contributed by atoms with Crippen molar-refractivity contribution >= 4 is 5.69 Å². The van der Waals surface area contributed by atoms with E-state index in [0.29, 0.717) is 18.2 Å². The lowest BCUT2D eigenvalue weighted by atomic mass is 9.90. The number of hydrogen-bond donors (Lipinski definition) is 1. The second-order valence-corrected chi connectivity index (χ2v) is 5.71. The van der Waals surface area contributed by atoms with E-state index < -0.39 is 10.7 Å². The van der Waals surface area contributed by atoms with Crippen LogP contribution in [0.3, 0.4) is 0 Å². The normalized spacial score (nSPS) is 22.5. The Bertz CT molecular complexity index is 502. The van der Waals surface area contributed by atoms with Crippen molar-refractivity contribution in [1.29, 1.82) is 0 Å². The molecule has 0 amide bonds. The van der Waals surface area contributed by atoms with Gasteiger partial charge in [-0.1, -0.05) is 6.92 Å². The number of nitro groups is 1. The fourth-order valence-corrected chi connectivity index (χ4v) is 3.03. The number of benzene rings is 1. The largest absolute Gasteiger partial charge is 0.328 e. The van der Waals surface area contributed by atoms with Crippen molar-refractivity contribution in [1.82, 2.24) is 4.90 Å². The molecule has 0 saturated heterocycles. The lowest BCUT2D eigenvalue weighted by Crippen LogP contribution is -2.40. The van der Waals surface area contributed by atoms with E-state index in [-0.39, 0.29) is 11.7 Å². The van der Waals surface area contributed by atoms with Crippen LogP contribution in [0.25, 0.3) is 0 Å². The molecule has 0 aromatic heterocycles. The van der Waals surface area contributed by atoms with E-state index in [1.54, 1.807) is 0 Å². The first kappa shape index (κ1) is 15.9. The Morgan fingerprint density at radius 1 is 1.33 bits per heavy atom. The summed E-state index contributed by atoms with van der Waals surface area (Å²) in [5, 5.41) is 10.8. The van der Waals surface area contributed by atoms with Crippen molar-refractivity contribution in [3.05, 3.63) is 39.7 Å². The molecule has 6 heteroatoms. The zero-order valence-corrected chi connectivity index (χ0v) is 12.3. The average Bonchev–Trinajstić information content (AvgIpc) is 2.45. The van der Waals surface area contributed by atoms with E-state index in [9.17, 15) is 14.5 Å². The van der Waals surface area contributed by atoms with Gasteiger partial charge in [0.15, 0.2) is 0 Å². The average molecular weight is 295 g/mol. The van der Waals surface area contributed by atoms with E-state index >= 15 is 0 Å². The molecule has 0 atom stereocenters. The second-order valence-electron chi connectivity index (χ2n) is 5.71. The number of nitrogens with zero attached hydrogens (tertiary/aromatic N) is 2. The van der Waals surface area contributed by atoms with Crippen LogP contribution in [0.2, 0.25) is 0 Å². The zero-order valence-electron chi connectivity index (χ0n) is 12.3. The third kappa shape index (κ3) is 4.22. The first-order valence-electron chi connectivity index (χ1n) is 7.43. The summed E-state index contributed by atoms with van der Waals surface area (Å²) in [4.78, 5) is 12.5. The fourth-order valence-electron chi connectivity index (χ4n) is 3.03. The SMILES string of the molecule is CCN(Cc1cc(F)cc([N+](=O)[O-])c1)C1CCC(N)CC1. The predicted molar refractivity (Wildman–Crippen MR) is 79.4 cm³/mol. The number of nitro benzene ring substituents is 1.